The predicted octanol–water partition coefficient (Wildman–Crippen LogP) is 4.96. The highest BCUT2D eigenvalue weighted by molar-refractivity contribution is 6.30. The molecule has 1 aliphatic carbocycles. The first-order chi connectivity index (χ1) is 15.0. The van der Waals surface area contributed by atoms with Gasteiger partial charge in [0.05, 0.1) is 5.02 Å². The van der Waals surface area contributed by atoms with Crippen LogP contribution in [0.2, 0.25) is 5.02 Å². The number of carbonyl (C=O) groups excluding carboxylic acids is 2. The standard InChI is InChI=1S/C23H25ClFN3O3/c24-20-11-10-19(14-21(20)25)28-13-12-27(23(28)30)18-8-6-17(7-9-18)26-22(29)31-15-16-4-2-1-3-5-16/h1-5,10-11,14,17-18H,6-9,12-13,15H2,(H,26,29)/t17-,18-. The minimum absolute atomic E-state index is 0.0405. The van der Waals surface area contributed by atoms with Crippen molar-refractivity contribution in [3.63, 3.8) is 0 Å². The number of halogens is 2. The van der Waals surface area contributed by atoms with Crippen LogP contribution in [0.5, 0.6) is 0 Å². The van der Waals surface area contributed by atoms with E-state index < -0.39 is 11.9 Å². The first-order valence-corrected chi connectivity index (χ1v) is 10.9. The summed E-state index contributed by atoms with van der Waals surface area (Å²) >= 11 is 5.75. The molecule has 1 saturated heterocycles. The number of nitrogens with one attached hydrogen (secondary N) is 1. The van der Waals surface area contributed by atoms with Crippen LogP contribution in [-0.4, -0.2) is 42.2 Å². The third kappa shape index (κ3) is 5.10. The van der Waals surface area contributed by atoms with Crippen LogP contribution in [0, 0.1) is 5.82 Å². The quantitative estimate of drug-likeness (QED) is 0.707. The number of urea groups is 1. The maximum atomic E-state index is 13.8. The molecular weight excluding hydrogens is 421 g/mol. The fraction of sp³-hybridized carbons (Fsp3) is 0.391. The number of benzene rings is 2. The predicted molar refractivity (Wildman–Crippen MR) is 117 cm³/mol. The number of carbonyl (C=O) groups is 2. The van der Waals surface area contributed by atoms with Crippen LogP contribution in [0.3, 0.4) is 0 Å². The van der Waals surface area contributed by atoms with Crippen molar-refractivity contribution >= 4 is 29.4 Å². The van der Waals surface area contributed by atoms with Crippen LogP contribution in [-0.2, 0) is 11.3 Å². The van der Waals surface area contributed by atoms with Gasteiger partial charge in [0, 0.05) is 30.9 Å². The highest BCUT2D eigenvalue weighted by Gasteiger charge is 2.36. The van der Waals surface area contributed by atoms with E-state index in [-0.39, 0.29) is 29.7 Å². The van der Waals surface area contributed by atoms with E-state index in [1.54, 1.807) is 11.0 Å². The third-order valence-corrected chi connectivity index (χ3v) is 6.23. The van der Waals surface area contributed by atoms with Gasteiger partial charge in [0.1, 0.15) is 12.4 Å². The fourth-order valence-corrected chi connectivity index (χ4v) is 4.37. The van der Waals surface area contributed by atoms with E-state index in [2.05, 4.69) is 5.32 Å². The average molecular weight is 446 g/mol. The zero-order valence-electron chi connectivity index (χ0n) is 17.1. The number of ether oxygens (including phenoxy) is 1. The first-order valence-electron chi connectivity index (χ1n) is 10.5. The topological polar surface area (TPSA) is 61.9 Å². The molecule has 8 heteroatoms. The van der Waals surface area contributed by atoms with Gasteiger partial charge in [-0.25, -0.2) is 14.0 Å². The molecule has 0 unspecified atom stereocenters. The van der Waals surface area contributed by atoms with Gasteiger partial charge in [0.25, 0.3) is 0 Å². The zero-order chi connectivity index (χ0) is 21.8. The summed E-state index contributed by atoms with van der Waals surface area (Å²) in [6, 6.07) is 14.0. The van der Waals surface area contributed by atoms with Gasteiger partial charge in [-0.3, -0.25) is 4.90 Å². The van der Waals surface area contributed by atoms with Crippen LogP contribution < -0.4 is 10.2 Å². The lowest BCUT2D eigenvalue weighted by Crippen LogP contribution is -2.45. The van der Waals surface area contributed by atoms with Crippen LogP contribution in [0.15, 0.2) is 48.5 Å². The van der Waals surface area contributed by atoms with Crippen molar-refractivity contribution in [2.24, 2.45) is 0 Å². The van der Waals surface area contributed by atoms with E-state index in [0.29, 0.717) is 18.8 Å². The summed E-state index contributed by atoms with van der Waals surface area (Å²) in [6.07, 6.45) is 2.76. The first kappa shape index (κ1) is 21.4. The summed E-state index contributed by atoms with van der Waals surface area (Å²) in [4.78, 5) is 28.4. The van der Waals surface area contributed by atoms with Crippen LogP contribution in [0.4, 0.5) is 19.7 Å². The number of rotatable bonds is 5. The van der Waals surface area contributed by atoms with Crippen molar-refractivity contribution in [2.45, 2.75) is 44.4 Å². The van der Waals surface area contributed by atoms with E-state index in [1.807, 2.05) is 35.2 Å². The molecule has 0 atom stereocenters. The minimum atomic E-state index is -0.531. The number of amides is 3. The summed E-state index contributed by atoms with van der Waals surface area (Å²) in [6.45, 7) is 1.36. The second-order valence-corrected chi connectivity index (χ2v) is 8.34. The molecule has 0 radical (unpaired) electrons. The highest BCUT2D eigenvalue weighted by Crippen LogP contribution is 2.30. The summed E-state index contributed by atoms with van der Waals surface area (Å²) in [5.74, 6) is -0.531. The van der Waals surface area contributed by atoms with E-state index in [1.165, 1.54) is 12.1 Å². The zero-order valence-corrected chi connectivity index (χ0v) is 17.9. The molecule has 1 heterocycles. The number of alkyl carbamates (subject to hydrolysis) is 1. The molecule has 1 saturated carbocycles. The van der Waals surface area contributed by atoms with Crippen molar-refractivity contribution in [1.82, 2.24) is 10.2 Å². The molecule has 2 aromatic carbocycles. The van der Waals surface area contributed by atoms with Gasteiger partial charge in [-0.1, -0.05) is 41.9 Å². The second-order valence-electron chi connectivity index (χ2n) is 7.94. The van der Waals surface area contributed by atoms with Gasteiger partial charge in [0.2, 0.25) is 0 Å². The molecule has 31 heavy (non-hydrogen) atoms. The van der Waals surface area contributed by atoms with E-state index in [0.717, 1.165) is 31.2 Å². The van der Waals surface area contributed by atoms with Crippen molar-refractivity contribution in [2.75, 3.05) is 18.0 Å². The molecule has 2 aliphatic rings. The van der Waals surface area contributed by atoms with Gasteiger partial charge in [-0.2, -0.15) is 0 Å². The lowest BCUT2D eigenvalue weighted by Gasteiger charge is -2.34. The summed E-state index contributed by atoms with van der Waals surface area (Å²) < 4.78 is 19.1. The second kappa shape index (κ2) is 9.56. The van der Waals surface area contributed by atoms with Gasteiger partial charge in [0.15, 0.2) is 0 Å². The van der Waals surface area contributed by atoms with Crippen LogP contribution >= 0.6 is 11.6 Å². The van der Waals surface area contributed by atoms with E-state index in [4.69, 9.17) is 16.3 Å². The molecule has 1 N–H and O–H groups in total. The number of anilines is 1. The van der Waals surface area contributed by atoms with E-state index in [9.17, 15) is 14.0 Å². The molecule has 4 rings (SSSR count). The minimum Gasteiger partial charge on any atom is -0.445 e. The smallest absolute Gasteiger partial charge is 0.407 e. The maximum Gasteiger partial charge on any atom is 0.407 e. The molecule has 0 bridgehead atoms. The Morgan fingerprint density at radius 3 is 2.55 bits per heavy atom. The molecule has 2 aromatic rings. The summed E-state index contributed by atoms with van der Waals surface area (Å²) in [5, 5.41) is 2.97. The highest BCUT2D eigenvalue weighted by atomic mass is 35.5. The normalized spacial score (nSPS) is 21.3. The molecule has 3 amide bonds. The molecule has 164 valence electrons. The van der Waals surface area contributed by atoms with Gasteiger partial charge in [-0.15, -0.1) is 0 Å². The lowest BCUT2D eigenvalue weighted by atomic mass is 9.90. The Morgan fingerprint density at radius 1 is 1.10 bits per heavy atom. The fourth-order valence-electron chi connectivity index (χ4n) is 4.25. The SMILES string of the molecule is O=C(N[C@H]1CC[C@H](N2CCN(c3ccc(Cl)c(F)c3)C2=O)CC1)OCc1ccccc1. The van der Waals surface area contributed by atoms with Gasteiger partial charge in [-0.05, 0) is 49.4 Å². The Balaban J connectivity index is 1.24. The summed E-state index contributed by atoms with van der Waals surface area (Å²) in [5.41, 5.74) is 1.46. The van der Waals surface area contributed by atoms with Gasteiger partial charge >= 0.3 is 12.1 Å². The monoisotopic (exact) mass is 445 g/mol. The third-order valence-electron chi connectivity index (χ3n) is 5.93. The molecule has 0 aromatic heterocycles. The van der Waals surface area contributed by atoms with Crippen molar-refractivity contribution < 1.29 is 18.7 Å². The largest absolute Gasteiger partial charge is 0.445 e. The Hall–Kier alpha value is -2.80. The molecular formula is C23H25ClFN3O3. The Kier molecular flexibility index (Phi) is 6.61. The van der Waals surface area contributed by atoms with Crippen LogP contribution in [0.1, 0.15) is 31.2 Å². The molecule has 2 fully saturated rings. The Labute approximate surface area is 185 Å². The molecule has 0 spiro atoms. The number of hydrogen-bond donors (Lipinski definition) is 1. The summed E-state index contributed by atoms with van der Waals surface area (Å²) in [7, 11) is 0. The Morgan fingerprint density at radius 2 is 1.84 bits per heavy atom. The van der Waals surface area contributed by atoms with Crippen molar-refractivity contribution in [3.05, 3.63) is 64.9 Å². The van der Waals surface area contributed by atoms with E-state index >= 15 is 0 Å². The number of hydrogen-bond acceptors (Lipinski definition) is 3. The Bertz CT molecular complexity index is 935. The van der Waals surface area contributed by atoms with Gasteiger partial charge < -0.3 is 15.0 Å². The molecule has 1 aliphatic heterocycles. The number of nitrogens with zero attached hydrogens (tertiary/aromatic N) is 2. The molecule has 6 nitrogen and oxygen atoms in total. The van der Waals surface area contributed by atoms with Crippen LogP contribution in [0.25, 0.3) is 0 Å². The van der Waals surface area contributed by atoms with Crippen molar-refractivity contribution in [1.29, 1.82) is 0 Å². The average Bonchev–Trinajstić information content (AvgIpc) is 3.17. The van der Waals surface area contributed by atoms with Crippen molar-refractivity contribution in [3.8, 4) is 0 Å². The maximum absolute atomic E-state index is 13.8. The lowest BCUT2D eigenvalue weighted by molar-refractivity contribution is 0.127.